The quantitative estimate of drug-likeness (QED) is 0.721. The lowest BCUT2D eigenvalue weighted by Crippen LogP contribution is -2.18. The minimum atomic E-state index is -3.63. The first-order chi connectivity index (χ1) is 11.9. The van der Waals surface area contributed by atoms with Crippen molar-refractivity contribution in [3.05, 3.63) is 47.5 Å². The summed E-state index contributed by atoms with van der Waals surface area (Å²) in [6.07, 6.45) is 1.59. The number of hydrogen-bond acceptors (Lipinski definition) is 5. The van der Waals surface area contributed by atoms with Crippen molar-refractivity contribution in [3.63, 3.8) is 0 Å². The van der Waals surface area contributed by atoms with E-state index in [-0.39, 0.29) is 16.6 Å². The van der Waals surface area contributed by atoms with E-state index in [1.807, 2.05) is 0 Å². The van der Waals surface area contributed by atoms with Crippen LogP contribution in [0.2, 0.25) is 0 Å². The lowest BCUT2D eigenvalue weighted by Gasteiger charge is -2.07. The summed E-state index contributed by atoms with van der Waals surface area (Å²) in [7, 11) is -0.847. The molecule has 1 aliphatic rings. The number of methoxy groups -OCH3 is 1. The zero-order chi connectivity index (χ0) is 18.2. The van der Waals surface area contributed by atoms with E-state index < -0.39 is 10.0 Å². The molecule has 0 radical (unpaired) electrons. The molecule has 0 aliphatic carbocycles. The maximum atomic E-state index is 12.3. The molecule has 130 valence electrons. The molecule has 0 aromatic heterocycles. The zero-order valence-corrected chi connectivity index (χ0v) is 14.3. The number of ether oxygens (including phenoxy) is 1. The molecule has 1 amide bonds. The molecule has 7 nitrogen and oxygen atoms in total. The SMILES string of the molecule is CNS(=O)(=O)c1ccc2c(c1)C(=Cc1ccc(O)cc1OC)C(=O)N2. The Kier molecular flexibility index (Phi) is 4.23. The number of sulfonamides is 1. The Labute approximate surface area is 145 Å². The summed E-state index contributed by atoms with van der Waals surface area (Å²) in [6.45, 7) is 0. The van der Waals surface area contributed by atoms with E-state index in [1.165, 1.54) is 38.4 Å². The van der Waals surface area contributed by atoms with Crippen molar-refractivity contribution in [2.75, 3.05) is 19.5 Å². The van der Waals surface area contributed by atoms with Crippen molar-refractivity contribution < 1.29 is 23.1 Å². The van der Waals surface area contributed by atoms with Gasteiger partial charge in [-0.05, 0) is 43.5 Å². The Hall–Kier alpha value is -2.84. The van der Waals surface area contributed by atoms with Gasteiger partial charge in [-0.2, -0.15) is 0 Å². The van der Waals surface area contributed by atoms with Gasteiger partial charge in [0, 0.05) is 28.5 Å². The molecule has 1 heterocycles. The third kappa shape index (κ3) is 3.09. The molecule has 0 saturated carbocycles. The van der Waals surface area contributed by atoms with Gasteiger partial charge in [-0.15, -0.1) is 0 Å². The van der Waals surface area contributed by atoms with Gasteiger partial charge in [0.15, 0.2) is 0 Å². The highest BCUT2D eigenvalue weighted by molar-refractivity contribution is 7.89. The van der Waals surface area contributed by atoms with E-state index in [9.17, 15) is 18.3 Å². The van der Waals surface area contributed by atoms with Crippen LogP contribution in [0.5, 0.6) is 11.5 Å². The average Bonchev–Trinajstić information content (AvgIpc) is 2.91. The van der Waals surface area contributed by atoms with Gasteiger partial charge in [-0.3, -0.25) is 4.79 Å². The molecule has 3 N–H and O–H groups in total. The van der Waals surface area contributed by atoms with Crippen molar-refractivity contribution in [2.24, 2.45) is 0 Å². The van der Waals surface area contributed by atoms with Gasteiger partial charge in [0.05, 0.1) is 12.0 Å². The Morgan fingerprint density at radius 3 is 2.64 bits per heavy atom. The van der Waals surface area contributed by atoms with Crippen LogP contribution in [0.3, 0.4) is 0 Å². The second kappa shape index (κ2) is 6.23. The summed E-state index contributed by atoms with van der Waals surface area (Å²) in [5.41, 5.74) is 1.91. The van der Waals surface area contributed by atoms with Crippen molar-refractivity contribution in [2.45, 2.75) is 4.90 Å². The van der Waals surface area contributed by atoms with Gasteiger partial charge in [-0.1, -0.05) is 0 Å². The third-order valence-electron chi connectivity index (χ3n) is 3.87. The second-order valence-electron chi connectivity index (χ2n) is 5.35. The first-order valence-electron chi connectivity index (χ1n) is 7.34. The predicted octanol–water partition coefficient (Wildman–Crippen LogP) is 1.80. The number of benzene rings is 2. The Balaban J connectivity index is 2.15. The number of fused-ring (bicyclic) bond motifs is 1. The lowest BCUT2D eigenvalue weighted by atomic mass is 10.0. The number of aromatic hydroxyl groups is 1. The van der Waals surface area contributed by atoms with Gasteiger partial charge in [0.2, 0.25) is 10.0 Å². The fourth-order valence-electron chi connectivity index (χ4n) is 2.57. The van der Waals surface area contributed by atoms with Crippen LogP contribution in [-0.2, 0) is 14.8 Å². The highest BCUT2D eigenvalue weighted by atomic mass is 32.2. The number of hydrogen-bond donors (Lipinski definition) is 3. The number of phenols is 1. The van der Waals surface area contributed by atoms with E-state index in [4.69, 9.17) is 4.74 Å². The van der Waals surface area contributed by atoms with Crippen LogP contribution in [0, 0.1) is 0 Å². The molecular formula is C17H16N2O5S. The first kappa shape index (κ1) is 17.0. The first-order valence-corrected chi connectivity index (χ1v) is 8.82. The molecule has 0 fully saturated rings. The van der Waals surface area contributed by atoms with Gasteiger partial charge in [0.25, 0.3) is 5.91 Å². The van der Waals surface area contributed by atoms with E-state index in [0.29, 0.717) is 28.1 Å². The van der Waals surface area contributed by atoms with E-state index in [1.54, 1.807) is 18.2 Å². The van der Waals surface area contributed by atoms with Crippen LogP contribution >= 0.6 is 0 Å². The van der Waals surface area contributed by atoms with Crippen LogP contribution < -0.4 is 14.8 Å². The maximum Gasteiger partial charge on any atom is 0.256 e. The van der Waals surface area contributed by atoms with E-state index in [0.717, 1.165) is 0 Å². The molecule has 3 rings (SSSR count). The number of anilines is 1. The molecule has 0 bridgehead atoms. The largest absolute Gasteiger partial charge is 0.508 e. The molecule has 0 saturated heterocycles. The zero-order valence-electron chi connectivity index (χ0n) is 13.5. The molecule has 0 atom stereocenters. The molecule has 2 aromatic rings. The fourth-order valence-corrected chi connectivity index (χ4v) is 3.33. The molecule has 0 spiro atoms. The third-order valence-corrected chi connectivity index (χ3v) is 5.28. The van der Waals surface area contributed by atoms with E-state index in [2.05, 4.69) is 10.0 Å². The summed E-state index contributed by atoms with van der Waals surface area (Å²) in [5, 5.41) is 12.2. The Morgan fingerprint density at radius 2 is 1.96 bits per heavy atom. The summed E-state index contributed by atoms with van der Waals surface area (Å²) in [5.74, 6) is 0.0922. The Bertz CT molecular complexity index is 996. The standard InChI is InChI=1S/C17H16N2O5S/c1-18-25(22,23)12-5-6-15-13(9-12)14(17(21)19-15)7-10-3-4-11(20)8-16(10)24-2/h3-9,18,20H,1-2H3,(H,19,21). The number of amides is 1. The van der Waals surface area contributed by atoms with Gasteiger partial charge >= 0.3 is 0 Å². The molecule has 8 heteroatoms. The number of phenolic OH excluding ortho intramolecular Hbond substituents is 1. The summed E-state index contributed by atoms with van der Waals surface area (Å²) in [6, 6.07) is 8.94. The summed E-state index contributed by atoms with van der Waals surface area (Å²) >= 11 is 0. The van der Waals surface area contributed by atoms with Crippen molar-refractivity contribution in [3.8, 4) is 11.5 Å². The molecule has 1 aliphatic heterocycles. The molecule has 2 aromatic carbocycles. The topological polar surface area (TPSA) is 105 Å². The van der Waals surface area contributed by atoms with Crippen molar-refractivity contribution in [1.82, 2.24) is 4.72 Å². The normalized spacial score (nSPS) is 15.1. The Morgan fingerprint density at radius 1 is 1.20 bits per heavy atom. The van der Waals surface area contributed by atoms with Crippen LogP contribution in [0.4, 0.5) is 5.69 Å². The highest BCUT2D eigenvalue weighted by Crippen LogP contribution is 2.36. The highest BCUT2D eigenvalue weighted by Gasteiger charge is 2.26. The second-order valence-corrected chi connectivity index (χ2v) is 7.24. The maximum absolute atomic E-state index is 12.3. The smallest absolute Gasteiger partial charge is 0.256 e. The monoisotopic (exact) mass is 360 g/mol. The molecular weight excluding hydrogens is 344 g/mol. The van der Waals surface area contributed by atoms with Gasteiger partial charge in [-0.25, -0.2) is 13.1 Å². The van der Waals surface area contributed by atoms with Crippen LogP contribution in [-0.4, -0.2) is 33.6 Å². The number of carbonyl (C=O) groups is 1. The summed E-state index contributed by atoms with van der Waals surface area (Å²) < 4.78 is 31.5. The number of carbonyl (C=O) groups excluding carboxylic acids is 1. The van der Waals surface area contributed by atoms with Gasteiger partial charge in [0.1, 0.15) is 11.5 Å². The van der Waals surface area contributed by atoms with Crippen LogP contribution in [0.15, 0.2) is 41.3 Å². The number of nitrogens with one attached hydrogen (secondary N) is 2. The number of rotatable bonds is 4. The minimum absolute atomic E-state index is 0.0395. The summed E-state index contributed by atoms with van der Waals surface area (Å²) in [4.78, 5) is 12.4. The van der Waals surface area contributed by atoms with Crippen molar-refractivity contribution in [1.29, 1.82) is 0 Å². The fraction of sp³-hybridized carbons (Fsp3) is 0.118. The van der Waals surface area contributed by atoms with Gasteiger partial charge < -0.3 is 15.2 Å². The predicted molar refractivity (Wildman–Crippen MR) is 93.8 cm³/mol. The molecule has 25 heavy (non-hydrogen) atoms. The average molecular weight is 360 g/mol. The molecule has 0 unspecified atom stereocenters. The lowest BCUT2D eigenvalue weighted by molar-refractivity contribution is -0.110. The van der Waals surface area contributed by atoms with E-state index >= 15 is 0 Å². The van der Waals surface area contributed by atoms with Crippen LogP contribution in [0.25, 0.3) is 11.6 Å². The minimum Gasteiger partial charge on any atom is -0.508 e. The van der Waals surface area contributed by atoms with Crippen molar-refractivity contribution >= 4 is 33.3 Å². The van der Waals surface area contributed by atoms with Crippen LogP contribution in [0.1, 0.15) is 11.1 Å².